The Hall–Kier alpha value is -2.73. The van der Waals surface area contributed by atoms with Crippen molar-refractivity contribution in [3.8, 4) is 0 Å². The highest BCUT2D eigenvalue weighted by Crippen LogP contribution is 2.45. The first-order valence-corrected chi connectivity index (χ1v) is 9.49. The number of aliphatic hydroxyl groups is 1. The van der Waals surface area contributed by atoms with Gasteiger partial charge in [0.2, 0.25) is 5.91 Å². The normalized spacial score (nSPS) is 23.8. The molecule has 2 aromatic rings. The zero-order valence-corrected chi connectivity index (χ0v) is 15.7. The number of benzene rings is 2. The van der Waals surface area contributed by atoms with Gasteiger partial charge in [-0.25, -0.2) is 4.39 Å². The molecule has 3 atom stereocenters. The highest BCUT2D eigenvalue weighted by molar-refractivity contribution is 5.94. The highest BCUT2D eigenvalue weighted by Gasteiger charge is 2.49. The summed E-state index contributed by atoms with van der Waals surface area (Å²) >= 11 is 0. The Balaban J connectivity index is 1.57. The van der Waals surface area contributed by atoms with E-state index in [1.165, 1.54) is 12.1 Å². The second kappa shape index (κ2) is 7.36. The lowest BCUT2D eigenvalue weighted by molar-refractivity contribution is -0.130. The van der Waals surface area contributed by atoms with E-state index in [1.54, 1.807) is 37.3 Å². The van der Waals surface area contributed by atoms with Gasteiger partial charge in [0.15, 0.2) is 0 Å². The molecule has 0 bridgehead atoms. The van der Waals surface area contributed by atoms with Crippen LogP contribution in [0.2, 0.25) is 0 Å². The van der Waals surface area contributed by atoms with Crippen LogP contribution in [-0.2, 0) is 11.4 Å². The number of amides is 2. The molecule has 0 aromatic heterocycles. The number of fused-ring (bicyclic) bond motifs is 1. The molecule has 0 spiro atoms. The van der Waals surface area contributed by atoms with Crippen LogP contribution < -0.4 is 0 Å². The Kier molecular flexibility index (Phi) is 4.89. The first-order chi connectivity index (χ1) is 13.5. The number of aliphatic hydroxyl groups excluding tert-OH is 1. The van der Waals surface area contributed by atoms with Crippen molar-refractivity contribution in [2.75, 3.05) is 19.6 Å². The number of hydrogen-bond donors (Lipinski definition) is 1. The summed E-state index contributed by atoms with van der Waals surface area (Å²) < 4.78 is 13.8. The van der Waals surface area contributed by atoms with Gasteiger partial charge in [0, 0.05) is 44.0 Å². The summed E-state index contributed by atoms with van der Waals surface area (Å²) in [4.78, 5) is 28.7. The van der Waals surface area contributed by atoms with E-state index in [9.17, 15) is 14.0 Å². The minimum atomic E-state index is -0.320. The third-order valence-corrected chi connectivity index (χ3v) is 5.93. The number of rotatable bonds is 3. The molecule has 5 nitrogen and oxygen atoms in total. The predicted octanol–water partition coefficient (Wildman–Crippen LogP) is 2.61. The Labute approximate surface area is 163 Å². The maximum Gasteiger partial charge on any atom is 0.253 e. The van der Waals surface area contributed by atoms with Gasteiger partial charge < -0.3 is 14.9 Å². The van der Waals surface area contributed by atoms with Crippen LogP contribution in [0.5, 0.6) is 0 Å². The van der Waals surface area contributed by atoms with E-state index >= 15 is 0 Å². The van der Waals surface area contributed by atoms with Crippen molar-refractivity contribution >= 4 is 11.8 Å². The Bertz CT molecular complexity index is 899. The molecule has 2 heterocycles. The monoisotopic (exact) mass is 382 g/mol. The number of halogens is 1. The van der Waals surface area contributed by atoms with Crippen molar-refractivity contribution in [1.29, 1.82) is 0 Å². The van der Waals surface area contributed by atoms with Crippen molar-refractivity contribution in [3.63, 3.8) is 0 Å². The number of hydrogen-bond acceptors (Lipinski definition) is 3. The summed E-state index contributed by atoms with van der Waals surface area (Å²) in [5.74, 6) is -0.129. The van der Waals surface area contributed by atoms with Gasteiger partial charge in [-0.15, -0.1) is 0 Å². The average molecular weight is 382 g/mol. The maximum absolute atomic E-state index is 13.8. The maximum atomic E-state index is 13.8. The van der Waals surface area contributed by atoms with Crippen LogP contribution in [0.1, 0.15) is 34.5 Å². The molecular weight excluding hydrogens is 359 g/mol. The van der Waals surface area contributed by atoms with E-state index in [-0.39, 0.29) is 42.1 Å². The van der Waals surface area contributed by atoms with Gasteiger partial charge in [0.25, 0.3) is 5.91 Å². The molecule has 2 aromatic carbocycles. The topological polar surface area (TPSA) is 60.9 Å². The summed E-state index contributed by atoms with van der Waals surface area (Å²) in [5.41, 5.74) is 2.13. The fourth-order valence-corrected chi connectivity index (χ4v) is 4.59. The molecule has 4 rings (SSSR count). The van der Waals surface area contributed by atoms with Crippen LogP contribution >= 0.6 is 0 Å². The van der Waals surface area contributed by atoms with Crippen LogP contribution in [0.4, 0.5) is 4.39 Å². The summed E-state index contributed by atoms with van der Waals surface area (Å²) in [6.07, 6.45) is 0. The molecular formula is C22H23FN2O3. The summed E-state index contributed by atoms with van der Waals surface area (Å²) in [5, 5.41) is 9.16. The smallest absolute Gasteiger partial charge is 0.253 e. The van der Waals surface area contributed by atoms with Crippen molar-refractivity contribution in [2.24, 2.45) is 11.8 Å². The van der Waals surface area contributed by atoms with Gasteiger partial charge >= 0.3 is 0 Å². The molecule has 0 radical (unpaired) electrons. The molecule has 0 unspecified atom stereocenters. The Morgan fingerprint density at radius 2 is 1.86 bits per heavy atom. The second-order valence-corrected chi connectivity index (χ2v) is 7.66. The summed E-state index contributed by atoms with van der Waals surface area (Å²) in [6.45, 7) is 3.18. The van der Waals surface area contributed by atoms with E-state index in [1.807, 2.05) is 15.9 Å². The number of carbonyl (C=O) groups is 2. The Morgan fingerprint density at radius 1 is 1.11 bits per heavy atom. The van der Waals surface area contributed by atoms with Gasteiger partial charge in [-0.3, -0.25) is 9.59 Å². The average Bonchev–Trinajstić information content (AvgIpc) is 3.25. The molecule has 2 aliphatic heterocycles. The van der Waals surface area contributed by atoms with Gasteiger partial charge in [-0.2, -0.15) is 0 Å². The van der Waals surface area contributed by atoms with E-state index in [0.29, 0.717) is 25.2 Å². The molecule has 6 heteroatoms. The van der Waals surface area contributed by atoms with E-state index in [4.69, 9.17) is 5.11 Å². The first kappa shape index (κ1) is 18.6. The zero-order chi connectivity index (χ0) is 19.8. The molecule has 0 aliphatic carbocycles. The van der Waals surface area contributed by atoms with Crippen LogP contribution in [-0.4, -0.2) is 46.4 Å². The predicted molar refractivity (Wildman–Crippen MR) is 102 cm³/mol. The first-order valence-electron chi connectivity index (χ1n) is 9.49. The van der Waals surface area contributed by atoms with Gasteiger partial charge in [0.1, 0.15) is 5.82 Å². The zero-order valence-electron chi connectivity index (χ0n) is 15.7. The van der Waals surface area contributed by atoms with E-state index in [2.05, 4.69) is 0 Å². The van der Waals surface area contributed by atoms with Crippen LogP contribution in [0.25, 0.3) is 0 Å². The molecule has 2 fully saturated rings. The highest BCUT2D eigenvalue weighted by atomic mass is 19.1. The molecule has 28 heavy (non-hydrogen) atoms. The molecule has 0 saturated carbocycles. The lowest BCUT2D eigenvalue weighted by Gasteiger charge is -2.29. The standard InChI is InChI=1S/C22H23FN2O3/c1-14(27)25-11-18-10-24(22(28)16-7-5-15(13-26)6-8-16)12-20(18)21(25)17-3-2-4-19(23)9-17/h2-9,18,20-21,26H,10-13H2,1H3/t18-,20-,21-/m1/s1. The van der Waals surface area contributed by atoms with Crippen molar-refractivity contribution in [1.82, 2.24) is 9.80 Å². The fourth-order valence-electron chi connectivity index (χ4n) is 4.59. The van der Waals surface area contributed by atoms with Gasteiger partial charge in [0.05, 0.1) is 12.6 Å². The third kappa shape index (κ3) is 3.29. The summed E-state index contributed by atoms with van der Waals surface area (Å²) in [6, 6.07) is 13.1. The molecule has 146 valence electrons. The number of carbonyl (C=O) groups excluding carboxylic acids is 2. The van der Waals surface area contributed by atoms with Crippen molar-refractivity contribution in [3.05, 3.63) is 71.0 Å². The number of nitrogens with zero attached hydrogens (tertiary/aromatic N) is 2. The van der Waals surface area contributed by atoms with Crippen LogP contribution in [0.3, 0.4) is 0 Å². The molecule has 2 saturated heterocycles. The Morgan fingerprint density at radius 3 is 2.50 bits per heavy atom. The fraction of sp³-hybridized carbons (Fsp3) is 0.364. The molecule has 2 aliphatic rings. The third-order valence-electron chi connectivity index (χ3n) is 5.93. The molecule has 1 N–H and O–H groups in total. The SMILES string of the molecule is CC(=O)N1C[C@H]2CN(C(=O)c3ccc(CO)cc3)C[C@H]2[C@H]1c1cccc(F)c1. The largest absolute Gasteiger partial charge is 0.392 e. The van der Waals surface area contributed by atoms with Crippen LogP contribution in [0.15, 0.2) is 48.5 Å². The van der Waals surface area contributed by atoms with E-state index < -0.39 is 0 Å². The van der Waals surface area contributed by atoms with Gasteiger partial charge in [-0.1, -0.05) is 24.3 Å². The van der Waals surface area contributed by atoms with Crippen LogP contribution in [0, 0.1) is 17.7 Å². The van der Waals surface area contributed by atoms with Crippen molar-refractivity contribution in [2.45, 2.75) is 19.6 Å². The second-order valence-electron chi connectivity index (χ2n) is 7.66. The lowest BCUT2D eigenvalue weighted by Crippen LogP contribution is -2.36. The van der Waals surface area contributed by atoms with E-state index in [0.717, 1.165) is 11.1 Å². The number of likely N-dealkylation sites (tertiary alicyclic amines) is 2. The summed E-state index contributed by atoms with van der Waals surface area (Å²) in [7, 11) is 0. The quantitative estimate of drug-likeness (QED) is 0.888. The van der Waals surface area contributed by atoms with Crippen molar-refractivity contribution < 1.29 is 19.1 Å². The minimum absolute atomic E-state index is 0.0267. The lowest BCUT2D eigenvalue weighted by atomic mass is 9.89. The minimum Gasteiger partial charge on any atom is -0.392 e. The van der Waals surface area contributed by atoms with Gasteiger partial charge in [-0.05, 0) is 35.4 Å². The molecule has 2 amide bonds.